The van der Waals surface area contributed by atoms with E-state index in [0.717, 1.165) is 93.9 Å². The topological polar surface area (TPSA) is 48.5 Å². The summed E-state index contributed by atoms with van der Waals surface area (Å²) in [6, 6.07) is 96.0. The number of fused-ring (bicyclic) bond motifs is 6. The molecule has 8 heteroatoms. The number of rotatable bonds is 10. The average molecular weight is 1090 g/mol. The Balaban J connectivity index is 1.05. The lowest BCUT2D eigenvalue weighted by molar-refractivity contribution is -0.137. The summed E-state index contributed by atoms with van der Waals surface area (Å²) >= 11 is 0. The number of aromatic nitrogens is 5. The summed E-state index contributed by atoms with van der Waals surface area (Å²) in [5.74, 6) is 1.16. The average Bonchev–Trinajstić information content (AvgIpc) is 1.79. The van der Waals surface area contributed by atoms with Crippen molar-refractivity contribution in [2.24, 2.45) is 0 Å². The fraction of sp³-hybridized carbons (Fsp3) is 0.0132. The largest absolute Gasteiger partial charge is 0.418 e. The number of hydrogen-bond acceptors (Lipinski definition) is 3. The highest BCUT2D eigenvalue weighted by Crippen LogP contribution is 2.48. The van der Waals surface area contributed by atoms with Gasteiger partial charge in [-0.05, 0) is 123 Å². The van der Waals surface area contributed by atoms with E-state index in [1.165, 1.54) is 12.1 Å². The van der Waals surface area contributed by atoms with E-state index in [1.807, 2.05) is 187 Å². The standard InChI is InChI=1S/C76H48F3N5/c77-76(78,79)67-33-19-32-60(72(67)84-70-42-36-57(51-24-11-3-12-25-51)46-65(70)66-47-58(37-43-71(66)84)52-26-13-4-14-27-52)62-48-59(38-39-61(62)75-81-73(53-28-15-5-16-29-53)80-74(82-75)54-30-17-6-18-31-54)83-68-40-34-55(49-20-7-1-8-21-49)44-63(68)64-45-56(35-41-69(64)83)50-22-9-2-10-23-50/h1-48H. The van der Waals surface area contributed by atoms with Gasteiger partial charge in [-0.15, -0.1) is 0 Å². The third-order valence-corrected chi connectivity index (χ3v) is 16.0. The molecule has 0 aliphatic rings. The van der Waals surface area contributed by atoms with Crippen LogP contribution in [0.2, 0.25) is 0 Å². The van der Waals surface area contributed by atoms with Crippen molar-refractivity contribution >= 4 is 43.6 Å². The Hall–Kier alpha value is -11.0. The highest BCUT2D eigenvalue weighted by molar-refractivity contribution is 6.14. The third-order valence-electron chi connectivity index (χ3n) is 16.0. The predicted molar refractivity (Wildman–Crippen MR) is 337 cm³/mol. The van der Waals surface area contributed by atoms with Crippen LogP contribution in [0.15, 0.2) is 291 Å². The van der Waals surface area contributed by atoms with E-state index in [0.29, 0.717) is 45.2 Å². The van der Waals surface area contributed by atoms with Gasteiger partial charge < -0.3 is 9.13 Å². The molecule has 0 radical (unpaired) electrons. The Labute approximate surface area is 482 Å². The molecule has 3 heterocycles. The number of benzene rings is 12. The molecule has 0 bridgehead atoms. The number of nitrogens with zero attached hydrogens (tertiary/aromatic N) is 5. The van der Waals surface area contributed by atoms with Gasteiger partial charge in [0.15, 0.2) is 17.5 Å². The zero-order valence-electron chi connectivity index (χ0n) is 45.1. The summed E-state index contributed by atoms with van der Waals surface area (Å²) in [7, 11) is 0. The zero-order valence-corrected chi connectivity index (χ0v) is 45.1. The molecule has 0 amide bonds. The first-order valence-corrected chi connectivity index (χ1v) is 27.9. The first kappa shape index (κ1) is 50.0. The minimum atomic E-state index is -4.80. The van der Waals surface area contributed by atoms with Gasteiger partial charge in [-0.2, -0.15) is 13.2 Å². The lowest BCUT2D eigenvalue weighted by atomic mass is 9.93. The van der Waals surface area contributed by atoms with Crippen molar-refractivity contribution in [1.29, 1.82) is 0 Å². The molecule has 15 rings (SSSR count). The molecule has 5 nitrogen and oxygen atoms in total. The first-order valence-electron chi connectivity index (χ1n) is 27.9. The van der Waals surface area contributed by atoms with Gasteiger partial charge in [-0.25, -0.2) is 15.0 Å². The normalized spacial score (nSPS) is 11.8. The summed E-state index contributed by atoms with van der Waals surface area (Å²) in [6.45, 7) is 0. The predicted octanol–water partition coefficient (Wildman–Crippen LogP) is 20.4. The molecule has 0 atom stereocenters. The van der Waals surface area contributed by atoms with Crippen LogP contribution in [-0.2, 0) is 6.18 Å². The summed E-state index contributed by atoms with van der Waals surface area (Å²) in [5, 5.41) is 3.69. The Morgan fingerprint density at radius 1 is 0.250 bits per heavy atom. The van der Waals surface area contributed by atoms with Crippen LogP contribution in [-0.4, -0.2) is 24.1 Å². The van der Waals surface area contributed by atoms with Crippen molar-refractivity contribution < 1.29 is 13.2 Å². The minimum Gasteiger partial charge on any atom is -0.309 e. The van der Waals surface area contributed by atoms with Gasteiger partial charge in [0.2, 0.25) is 0 Å². The maximum atomic E-state index is 16.5. The molecular weight excluding hydrogens is 1040 g/mol. The highest BCUT2D eigenvalue weighted by Gasteiger charge is 2.37. The van der Waals surface area contributed by atoms with Gasteiger partial charge in [-0.3, -0.25) is 0 Å². The highest BCUT2D eigenvalue weighted by atomic mass is 19.4. The quantitative estimate of drug-likeness (QED) is 0.137. The second-order valence-electron chi connectivity index (χ2n) is 21.0. The van der Waals surface area contributed by atoms with Crippen LogP contribution in [0, 0.1) is 0 Å². The minimum absolute atomic E-state index is 0.0221. The molecule has 84 heavy (non-hydrogen) atoms. The Kier molecular flexibility index (Phi) is 12.2. The molecule has 0 saturated carbocycles. The maximum absolute atomic E-state index is 16.5. The van der Waals surface area contributed by atoms with E-state index >= 15 is 13.2 Å². The van der Waals surface area contributed by atoms with Gasteiger partial charge in [0.05, 0.1) is 33.3 Å². The van der Waals surface area contributed by atoms with E-state index in [1.54, 1.807) is 0 Å². The number of hydrogen-bond donors (Lipinski definition) is 0. The molecule has 0 unspecified atom stereocenters. The number of halogens is 3. The second kappa shape index (κ2) is 20.5. The van der Waals surface area contributed by atoms with E-state index in [4.69, 9.17) is 15.0 Å². The SMILES string of the molecule is FC(F)(F)c1cccc(-c2cc(-n3c4ccc(-c5ccccc5)cc4c4cc(-c5ccccc5)ccc43)ccc2-c2nc(-c3ccccc3)nc(-c3ccccc3)n2)c1-n1c2ccc(-c3ccccc3)cc2c2cc(-c3ccccc3)ccc21. The van der Waals surface area contributed by atoms with Gasteiger partial charge in [0, 0.05) is 49.5 Å². The van der Waals surface area contributed by atoms with E-state index in [9.17, 15) is 0 Å². The number of alkyl halides is 3. The fourth-order valence-electron chi connectivity index (χ4n) is 12.1. The summed E-state index contributed by atoms with van der Waals surface area (Å²) < 4.78 is 53.6. The van der Waals surface area contributed by atoms with Crippen LogP contribution in [0.4, 0.5) is 13.2 Å². The molecular formula is C76H48F3N5. The Morgan fingerprint density at radius 3 is 0.964 bits per heavy atom. The lowest BCUT2D eigenvalue weighted by Gasteiger charge is -2.22. The molecule has 0 spiro atoms. The van der Waals surface area contributed by atoms with Crippen LogP contribution in [0.1, 0.15) is 5.56 Å². The van der Waals surface area contributed by atoms with Crippen LogP contribution in [0.3, 0.4) is 0 Å². The van der Waals surface area contributed by atoms with E-state index < -0.39 is 11.7 Å². The van der Waals surface area contributed by atoms with E-state index in [-0.39, 0.29) is 5.69 Å². The molecule has 15 aromatic rings. The van der Waals surface area contributed by atoms with Crippen LogP contribution in [0.5, 0.6) is 0 Å². The zero-order chi connectivity index (χ0) is 56.3. The Bertz CT molecular complexity index is 4710. The van der Waals surface area contributed by atoms with Crippen molar-refractivity contribution in [3.63, 3.8) is 0 Å². The van der Waals surface area contributed by atoms with Crippen molar-refractivity contribution in [2.45, 2.75) is 6.18 Å². The van der Waals surface area contributed by atoms with Crippen molar-refractivity contribution in [3.8, 4) is 101 Å². The number of para-hydroxylation sites is 1. The molecule has 0 aliphatic carbocycles. The van der Waals surface area contributed by atoms with Gasteiger partial charge in [0.1, 0.15) is 0 Å². The molecule has 12 aromatic carbocycles. The molecule has 0 saturated heterocycles. The molecule has 0 aliphatic heterocycles. The van der Waals surface area contributed by atoms with Crippen LogP contribution in [0.25, 0.3) is 145 Å². The molecule has 398 valence electrons. The van der Waals surface area contributed by atoms with E-state index in [2.05, 4.69) is 102 Å². The smallest absolute Gasteiger partial charge is 0.309 e. The van der Waals surface area contributed by atoms with Crippen molar-refractivity contribution in [1.82, 2.24) is 24.1 Å². The van der Waals surface area contributed by atoms with Crippen molar-refractivity contribution in [3.05, 3.63) is 297 Å². The second-order valence-corrected chi connectivity index (χ2v) is 21.0. The first-order chi connectivity index (χ1) is 41.3. The summed E-state index contributed by atoms with van der Waals surface area (Å²) in [4.78, 5) is 15.5. The van der Waals surface area contributed by atoms with Crippen molar-refractivity contribution in [2.75, 3.05) is 0 Å². The maximum Gasteiger partial charge on any atom is 0.418 e. The molecule has 0 fully saturated rings. The Morgan fingerprint density at radius 2 is 0.595 bits per heavy atom. The van der Waals surface area contributed by atoms with Gasteiger partial charge in [0.25, 0.3) is 0 Å². The third kappa shape index (κ3) is 8.89. The molecule has 0 N–H and O–H groups in total. The molecule has 3 aromatic heterocycles. The summed E-state index contributed by atoms with van der Waals surface area (Å²) in [5.41, 5.74) is 14.1. The fourth-order valence-corrected chi connectivity index (χ4v) is 12.1. The summed E-state index contributed by atoms with van der Waals surface area (Å²) in [6.07, 6.45) is -4.80. The van der Waals surface area contributed by atoms with Crippen LogP contribution >= 0.6 is 0 Å². The van der Waals surface area contributed by atoms with Gasteiger partial charge in [-0.1, -0.05) is 218 Å². The monoisotopic (exact) mass is 1090 g/mol. The van der Waals surface area contributed by atoms with Crippen LogP contribution < -0.4 is 0 Å². The van der Waals surface area contributed by atoms with Gasteiger partial charge >= 0.3 is 6.18 Å². The lowest BCUT2D eigenvalue weighted by Crippen LogP contribution is -2.12.